The molecule has 1 saturated heterocycles. The molecule has 0 aromatic carbocycles. The molecule has 2 heterocycles. The van der Waals surface area contributed by atoms with Crippen LogP contribution in [0, 0.1) is 0 Å². The molecule has 0 bridgehead atoms. The minimum absolute atomic E-state index is 0. The van der Waals surface area contributed by atoms with E-state index in [0.29, 0.717) is 12.3 Å². The van der Waals surface area contributed by atoms with Crippen molar-refractivity contribution in [3.8, 4) is 0 Å². The summed E-state index contributed by atoms with van der Waals surface area (Å²) in [5, 5.41) is 7.21. The van der Waals surface area contributed by atoms with Crippen LogP contribution in [0.5, 0.6) is 0 Å². The fourth-order valence-corrected chi connectivity index (χ4v) is 2.90. The number of hydrogen-bond acceptors (Lipinski definition) is 5. The number of piperidine rings is 1. The van der Waals surface area contributed by atoms with Crippen molar-refractivity contribution in [2.24, 2.45) is 0 Å². The number of amides is 1. The topological polar surface area (TPSA) is 71.3 Å². The second-order valence-corrected chi connectivity index (χ2v) is 6.15. The number of aromatic nitrogens is 2. The van der Waals surface area contributed by atoms with E-state index in [1.165, 1.54) is 12.8 Å². The van der Waals surface area contributed by atoms with Gasteiger partial charge < -0.3 is 14.7 Å². The number of halogens is 1. The Hall–Kier alpha value is -1.14. The second kappa shape index (κ2) is 7.92. The molecule has 1 saturated carbocycles. The summed E-state index contributed by atoms with van der Waals surface area (Å²) in [5.41, 5.74) is 0. The molecule has 1 unspecified atom stereocenters. The average Bonchev–Trinajstić information content (AvgIpc) is 3.25. The summed E-state index contributed by atoms with van der Waals surface area (Å²) >= 11 is 0. The zero-order valence-corrected chi connectivity index (χ0v) is 13.9. The zero-order chi connectivity index (χ0) is 14.7. The molecule has 1 aliphatic heterocycles. The van der Waals surface area contributed by atoms with Gasteiger partial charge >= 0.3 is 0 Å². The lowest BCUT2D eigenvalue weighted by Crippen LogP contribution is -2.39. The maximum absolute atomic E-state index is 12.2. The van der Waals surface area contributed by atoms with Gasteiger partial charge in [0.1, 0.15) is 0 Å². The smallest absolute Gasteiger partial charge is 0.229 e. The summed E-state index contributed by atoms with van der Waals surface area (Å²) in [4.78, 5) is 18.7. The van der Waals surface area contributed by atoms with Gasteiger partial charge in [-0.3, -0.25) is 4.79 Å². The summed E-state index contributed by atoms with van der Waals surface area (Å²) in [6.45, 7) is 2.49. The van der Waals surface area contributed by atoms with Gasteiger partial charge in [-0.05, 0) is 45.7 Å². The molecule has 1 N–H and O–H groups in total. The normalized spacial score (nSPS) is 21.5. The van der Waals surface area contributed by atoms with E-state index in [0.717, 1.165) is 50.6 Å². The molecule has 1 aliphatic carbocycles. The predicted octanol–water partition coefficient (Wildman–Crippen LogP) is 2.07. The summed E-state index contributed by atoms with van der Waals surface area (Å²) in [7, 11) is 1.91. The van der Waals surface area contributed by atoms with Crippen LogP contribution in [0.2, 0.25) is 0 Å². The average molecular weight is 329 g/mol. The van der Waals surface area contributed by atoms with Crippen molar-refractivity contribution in [2.45, 2.75) is 50.4 Å². The molecule has 1 aromatic heterocycles. The molecule has 2 aliphatic rings. The Morgan fingerprint density at radius 3 is 2.91 bits per heavy atom. The molecule has 0 spiro atoms. The summed E-state index contributed by atoms with van der Waals surface area (Å²) in [5.74, 6) is 2.57. The van der Waals surface area contributed by atoms with Gasteiger partial charge in [0.2, 0.25) is 11.8 Å². The van der Waals surface area contributed by atoms with E-state index in [2.05, 4.69) is 15.5 Å². The van der Waals surface area contributed by atoms with E-state index >= 15 is 0 Å². The number of likely N-dealkylation sites (tertiary alicyclic amines) is 1. The van der Waals surface area contributed by atoms with Crippen molar-refractivity contribution in [1.82, 2.24) is 20.4 Å². The molecule has 1 atom stereocenters. The minimum Gasteiger partial charge on any atom is -0.342 e. The van der Waals surface area contributed by atoms with Gasteiger partial charge in [-0.2, -0.15) is 4.98 Å². The van der Waals surface area contributed by atoms with Crippen LogP contribution in [-0.2, 0) is 4.79 Å². The van der Waals surface area contributed by atoms with E-state index in [1.807, 2.05) is 11.9 Å². The maximum atomic E-state index is 12.2. The van der Waals surface area contributed by atoms with Crippen molar-refractivity contribution in [1.29, 1.82) is 0 Å². The largest absolute Gasteiger partial charge is 0.342 e. The Bertz CT molecular complexity index is 490. The monoisotopic (exact) mass is 328 g/mol. The van der Waals surface area contributed by atoms with Crippen molar-refractivity contribution < 1.29 is 9.32 Å². The first kappa shape index (κ1) is 17.2. The lowest BCUT2D eigenvalue weighted by Gasteiger charge is -2.31. The van der Waals surface area contributed by atoms with Crippen molar-refractivity contribution in [2.75, 3.05) is 26.7 Å². The number of rotatable bonds is 6. The molecule has 1 aromatic rings. The molecule has 6 nitrogen and oxygen atoms in total. The standard InChI is InChI=1S/C15H24N4O2.ClH/c1-16-8-2-5-13(20)19-9-3-4-12(10-19)14-17-15(21-18-14)11-6-7-11;/h11-12,16H,2-10H2,1H3;1H. The molecule has 1 amide bonds. The third-order valence-electron chi connectivity index (χ3n) is 4.34. The van der Waals surface area contributed by atoms with E-state index in [9.17, 15) is 4.79 Å². The number of carbonyl (C=O) groups is 1. The van der Waals surface area contributed by atoms with Crippen LogP contribution in [0.25, 0.3) is 0 Å². The van der Waals surface area contributed by atoms with Crippen LogP contribution >= 0.6 is 12.4 Å². The van der Waals surface area contributed by atoms with Gasteiger partial charge in [0, 0.05) is 31.3 Å². The Labute approximate surface area is 137 Å². The highest BCUT2D eigenvalue weighted by Crippen LogP contribution is 2.39. The molecule has 0 radical (unpaired) electrons. The molecule has 7 heteroatoms. The van der Waals surface area contributed by atoms with Crippen molar-refractivity contribution >= 4 is 18.3 Å². The highest BCUT2D eigenvalue weighted by molar-refractivity contribution is 5.85. The van der Waals surface area contributed by atoms with Gasteiger partial charge in [-0.25, -0.2) is 0 Å². The number of nitrogens with zero attached hydrogens (tertiary/aromatic N) is 3. The predicted molar refractivity (Wildman–Crippen MR) is 85.2 cm³/mol. The quantitative estimate of drug-likeness (QED) is 0.809. The van der Waals surface area contributed by atoms with Gasteiger partial charge in [0.25, 0.3) is 0 Å². The fraction of sp³-hybridized carbons (Fsp3) is 0.800. The summed E-state index contributed by atoms with van der Waals surface area (Å²) in [6.07, 6.45) is 5.92. The van der Waals surface area contributed by atoms with Crippen LogP contribution in [0.4, 0.5) is 0 Å². The number of carbonyl (C=O) groups excluding carboxylic acids is 1. The van der Waals surface area contributed by atoms with Crippen LogP contribution < -0.4 is 5.32 Å². The van der Waals surface area contributed by atoms with Crippen LogP contribution in [0.1, 0.15) is 62.1 Å². The zero-order valence-electron chi connectivity index (χ0n) is 13.1. The first-order valence-corrected chi connectivity index (χ1v) is 8.04. The number of hydrogen-bond donors (Lipinski definition) is 1. The molecular weight excluding hydrogens is 304 g/mol. The van der Waals surface area contributed by atoms with Crippen LogP contribution in [0.3, 0.4) is 0 Å². The van der Waals surface area contributed by atoms with Crippen molar-refractivity contribution in [3.05, 3.63) is 11.7 Å². The molecule has 2 fully saturated rings. The maximum Gasteiger partial charge on any atom is 0.229 e. The highest BCUT2D eigenvalue weighted by Gasteiger charge is 2.32. The minimum atomic E-state index is 0. The highest BCUT2D eigenvalue weighted by atomic mass is 35.5. The first-order chi connectivity index (χ1) is 10.3. The van der Waals surface area contributed by atoms with Gasteiger partial charge in [-0.15, -0.1) is 12.4 Å². The Morgan fingerprint density at radius 1 is 1.36 bits per heavy atom. The number of nitrogens with one attached hydrogen (secondary N) is 1. The van der Waals surface area contributed by atoms with E-state index < -0.39 is 0 Å². The molecule has 3 rings (SSSR count). The SMILES string of the molecule is CNCCCC(=O)N1CCCC(c2noc(C3CC3)n2)C1.Cl. The lowest BCUT2D eigenvalue weighted by molar-refractivity contribution is -0.132. The molecule has 22 heavy (non-hydrogen) atoms. The van der Waals surface area contributed by atoms with Crippen molar-refractivity contribution in [3.63, 3.8) is 0 Å². The van der Waals surface area contributed by atoms with Gasteiger partial charge in [0.15, 0.2) is 5.82 Å². The Morgan fingerprint density at radius 2 is 2.18 bits per heavy atom. The van der Waals surface area contributed by atoms with E-state index in [-0.39, 0.29) is 24.2 Å². The summed E-state index contributed by atoms with van der Waals surface area (Å²) < 4.78 is 5.34. The van der Waals surface area contributed by atoms with Gasteiger partial charge in [0.05, 0.1) is 0 Å². The third-order valence-corrected chi connectivity index (χ3v) is 4.34. The van der Waals surface area contributed by atoms with E-state index in [4.69, 9.17) is 4.52 Å². The Kier molecular flexibility index (Phi) is 6.20. The van der Waals surface area contributed by atoms with Crippen LogP contribution in [0.15, 0.2) is 4.52 Å². The molecule has 124 valence electrons. The van der Waals surface area contributed by atoms with Gasteiger partial charge in [-0.1, -0.05) is 5.16 Å². The Balaban J connectivity index is 0.00000176. The van der Waals surface area contributed by atoms with E-state index in [1.54, 1.807) is 0 Å². The molecular formula is C15H25ClN4O2. The summed E-state index contributed by atoms with van der Waals surface area (Å²) in [6, 6.07) is 0. The first-order valence-electron chi connectivity index (χ1n) is 8.04. The fourth-order valence-electron chi connectivity index (χ4n) is 2.90. The van der Waals surface area contributed by atoms with Crippen LogP contribution in [-0.4, -0.2) is 47.6 Å². The lowest BCUT2D eigenvalue weighted by atomic mass is 9.97. The third kappa shape index (κ3) is 4.20. The second-order valence-electron chi connectivity index (χ2n) is 6.15.